The Balaban J connectivity index is 2.28. The predicted octanol–water partition coefficient (Wildman–Crippen LogP) is 1.61. The number of cyclic esters (lactones) is 1. The zero-order chi connectivity index (χ0) is 11.5. The first-order chi connectivity index (χ1) is 7.70. The molecule has 1 aliphatic rings. The molecule has 2 N–H and O–H groups in total. The first-order valence-corrected chi connectivity index (χ1v) is 5.02. The van der Waals surface area contributed by atoms with E-state index in [0.717, 1.165) is 5.56 Å². The number of hydrogen-bond acceptors (Lipinski definition) is 4. The molecule has 1 aromatic rings. The standard InChI is InChI=1S/C12H13NO3/c1-15-11-3-2-8(7-10(11)13)6-9-4-5-16-12(9)14/h2-3,6-7H,4-5,13H2,1H3. The summed E-state index contributed by atoms with van der Waals surface area (Å²) >= 11 is 0. The second-order valence-corrected chi connectivity index (χ2v) is 3.56. The summed E-state index contributed by atoms with van der Waals surface area (Å²) in [5.74, 6) is 0.394. The van der Waals surface area contributed by atoms with Crippen molar-refractivity contribution in [3.63, 3.8) is 0 Å². The fourth-order valence-electron chi connectivity index (χ4n) is 1.62. The molecule has 84 valence electrons. The number of carbonyl (C=O) groups is 1. The van der Waals surface area contributed by atoms with E-state index in [1.165, 1.54) is 0 Å². The fraction of sp³-hybridized carbons (Fsp3) is 0.250. The number of nitrogens with two attached hydrogens (primary N) is 1. The van der Waals surface area contributed by atoms with Crippen molar-refractivity contribution in [3.8, 4) is 5.75 Å². The van der Waals surface area contributed by atoms with Crippen molar-refractivity contribution in [2.45, 2.75) is 6.42 Å². The molecule has 0 unspecified atom stereocenters. The highest BCUT2D eigenvalue weighted by molar-refractivity contribution is 5.95. The van der Waals surface area contributed by atoms with E-state index in [2.05, 4.69) is 0 Å². The minimum atomic E-state index is -0.241. The van der Waals surface area contributed by atoms with Crippen molar-refractivity contribution in [3.05, 3.63) is 29.3 Å². The Morgan fingerprint density at radius 3 is 2.88 bits per heavy atom. The number of hydrogen-bond donors (Lipinski definition) is 1. The van der Waals surface area contributed by atoms with Crippen LogP contribution < -0.4 is 10.5 Å². The van der Waals surface area contributed by atoms with Gasteiger partial charge >= 0.3 is 5.97 Å². The Bertz CT molecular complexity index is 452. The monoisotopic (exact) mass is 219 g/mol. The van der Waals surface area contributed by atoms with E-state index in [9.17, 15) is 4.79 Å². The minimum Gasteiger partial charge on any atom is -0.495 e. The van der Waals surface area contributed by atoms with Gasteiger partial charge in [0.15, 0.2) is 0 Å². The highest BCUT2D eigenvalue weighted by Gasteiger charge is 2.18. The molecule has 1 aliphatic heterocycles. The van der Waals surface area contributed by atoms with E-state index >= 15 is 0 Å². The van der Waals surface area contributed by atoms with Gasteiger partial charge in [-0.25, -0.2) is 4.79 Å². The Morgan fingerprint density at radius 1 is 1.50 bits per heavy atom. The van der Waals surface area contributed by atoms with E-state index in [-0.39, 0.29) is 5.97 Å². The molecule has 0 bridgehead atoms. The van der Waals surface area contributed by atoms with E-state index in [1.54, 1.807) is 25.3 Å². The number of carbonyl (C=O) groups excluding carboxylic acids is 1. The molecule has 1 heterocycles. The predicted molar refractivity (Wildman–Crippen MR) is 61.0 cm³/mol. The number of anilines is 1. The number of ether oxygens (including phenoxy) is 2. The molecular formula is C12H13NO3. The molecule has 0 aliphatic carbocycles. The van der Waals surface area contributed by atoms with E-state index in [0.29, 0.717) is 30.0 Å². The summed E-state index contributed by atoms with van der Waals surface area (Å²) in [7, 11) is 1.57. The van der Waals surface area contributed by atoms with E-state index in [1.807, 2.05) is 6.07 Å². The summed E-state index contributed by atoms with van der Waals surface area (Å²) in [5, 5.41) is 0. The Morgan fingerprint density at radius 2 is 2.31 bits per heavy atom. The van der Waals surface area contributed by atoms with Crippen LogP contribution >= 0.6 is 0 Å². The molecule has 4 nitrogen and oxygen atoms in total. The maximum atomic E-state index is 11.2. The Kier molecular flexibility index (Phi) is 2.81. The smallest absolute Gasteiger partial charge is 0.334 e. The van der Waals surface area contributed by atoms with Crippen LogP contribution in [-0.4, -0.2) is 19.7 Å². The summed E-state index contributed by atoms with van der Waals surface area (Å²) in [6, 6.07) is 5.41. The van der Waals surface area contributed by atoms with Crippen molar-refractivity contribution >= 4 is 17.7 Å². The van der Waals surface area contributed by atoms with Crippen molar-refractivity contribution in [1.82, 2.24) is 0 Å². The van der Waals surface area contributed by atoms with Gasteiger partial charge in [0.25, 0.3) is 0 Å². The summed E-state index contributed by atoms with van der Waals surface area (Å²) in [6.07, 6.45) is 2.45. The van der Waals surface area contributed by atoms with Gasteiger partial charge < -0.3 is 15.2 Å². The highest BCUT2D eigenvalue weighted by Crippen LogP contribution is 2.24. The van der Waals surface area contributed by atoms with Crippen molar-refractivity contribution in [1.29, 1.82) is 0 Å². The molecule has 4 heteroatoms. The zero-order valence-electron chi connectivity index (χ0n) is 9.03. The summed E-state index contributed by atoms with van der Waals surface area (Å²) in [6.45, 7) is 0.469. The highest BCUT2D eigenvalue weighted by atomic mass is 16.5. The molecule has 0 saturated carbocycles. The van der Waals surface area contributed by atoms with Crippen LogP contribution in [-0.2, 0) is 9.53 Å². The third kappa shape index (κ3) is 2.00. The van der Waals surface area contributed by atoms with E-state index < -0.39 is 0 Å². The molecule has 0 spiro atoms. The lowest BCUT2D eigenvalue weighted by Gasteiger charge is -2.04. The van der Waals surface area contributed by atoms with Gasteiger partial charge in [-0.15, -0.1) is 0 Å². The lowest BCUT2D eigenvalue weighted by Crippen LogP contribution is -1.95. The average molecular weight is 219 g/mol. The third-order valence-electron chi connectivity index (χ3n) is 2.46. The van der Waals surface area contributed by atoms with Crippen LogP contribution in [0.1, 0.15) is 12.0 Å². The molecule has 0 radical (unpaired) electrons. The Hall–Kier alpha value is -1.97. The zero-order valence-corrected chi connectivity index (χ0v) is 9.03. The molecule has 0 atom stereocenters. The summed E-state index contributed by atoms with van der Waals surface area (Å²) in [4.78, 5) is 11.2. The molecule has 2 rings (SSSR count). The van der Waals surface area contributed by atoms with E-state index in [4.69, 9.17) is 15.2 Å². The lowest BCUT2D eigenvalue weighted by molar-refractivity contribution is -0.134. The van der Waals surface area contributed by atoms with Gasteiger partial charge in [-0.2, -0.15) is 0 Å². The first-order valence-electron chi connectivity index (χ1n) is 5.02. The average Bonchev–Trinajstić information content (AvgIpc) is 2.65. The number of benzene rings is 1. The fourth-order valence-corrected chi connectivity index (χ4v) is 1.62. The number of esters is 1. The van der Waals surface area contributed by atoms with Gasteiger partial charge in [0, 0.05) is 12.0 Å². The molecule has 1 saturated heterocycles. The first kappa shape index (κ1) is 10.5. The van der Waals surface area contributed by atoms with Crippen LogP contribution in [0.4, 0.5) is 5.69 Å². The van der Waals surface area contributed by atoms with Crippen molar-refractivity contribution < 1.29 is 14.3 Å². The molecule has 0 amide bonds. The maximum absolute atomic E-state index is 11.2. The van der Waals surface area contributed by atoms with Crippen LogP contribution in [0.15, 0.2) is 23.8 Å². The molecule has 1 aromatic carbocycles. The molecular weight excluding hydrogens is 206 g/mol. The number of methoxy groups -OCH3 is 1. The summed E-state index contributed by atoms with van der Waals surface area (Å²) < 4.78 is 9.90. The third-order valence-corrected chi connectivity index (χ3v) is 2.46. The molecule has 0 aromatic heterocycles. The van der Waals surface area contributed by atoms with Crippen LogP contribution in [0.2, 0.25) is 0 Å². The molecule has 16 heavy (non-hydrogen) atoms. The SMILES string of the molecule is COc1ccc(C=C2CCOC2=O)cc1N. The lowest BCUT2D eigenvalue weighted by atomic mass is 10.1. The van der Waals surface area contributed by atoms with Gasteiger partial charge in [0.05, 0.1) is 19.4 Å². The molecule has 1 fully saturated rings. The van der Waals surface area contributed by atoms with Gasteiger partial charge in [0.1, 0.15) is 5.75 Å². The second kappa shape index (κ2) is 4.26. The topological polar surface area (TPSA) is 61.5 Å². The minimum absolute atomic E-state index is 0.241. The van der Waals surface area contributed by atoms with Gasteiger partial charge in [-0.1, -0.05) is 6.07 Å². The van der Waals surface area contributed by atoms with Crippen LogP contribution in [0.3, 0.4) is 0 Å². The number of nitrogen functional groups attached to an aromatic ring is 1. The van der Waals surface area contributed by atoms with Crippen LogP contribution in [0, 0.1) is 0 Å². The van der Waals surface area contributed by atoms with Crippen LogP contribution in [0.5, 0.6) is 5.75 Å². The summed E-state index contributed by atoms with van der Waals surface area (Å²) in [5.41, 5.74) is 7.90. The maximum Gasteiger partial charge on any atom is 0.334 e. The number of rotatable bonds is 2. The van der Waals surface area contributed by atoms with Gasteiger partial charge in [-0.05, 0) is 23.8 Å². The second-order valence-electron chi connectivity index (χ2n) is 3.56. The quantitative estimate of drug-likeness (QED) is 0.466. The largest absolute Gasteiger partial charge is 0.495 e. The van der Waals surface area contributed by atoms with Gasteiger partial charge in [-0.3, -0.25) is 0 Å². The normalized spacial score (nSPS) is 17.6. The van der Waals surface area contributed by atoms with Crippen LogP contribution in [0.25, 0.3) is 6.08 Å². The van der Waals surface area contributed by atoms with Crippen molar-refractivity contribution in [2.24, 2.45) is 0 Å². The Labute approximate surface area is 93.7 Å². The van der Waals surface area contributed by atoms with Gasteiger partial charge in [0.2, 0.25) is 0 Å². The van der Waals surface area contributed by atoms with Crippen molar-refractivity contribution in [2.75, 3.05) is 19.5 Å².